The molecule has 1 nitrogen and oxygen atoms in total. The largest absolute Gasteiger partial charge is 0.484 e. The van der Waals surface area contributed by atoms with Crippen molar-refractivity contribution in [1.82, 2.24) is 0 Å². The van der Waals surface area contributed by atoms with Crippen LogP contribution in [-0.2, 0) is 0 Å². The van der Waals surface area contributed by atoms with Crippen LogP contribution < -0.4 is 4.74 Å². The van der Waals surface area contributed by atoms with Crippen LogP contribution in [0.15, 0.2) is 54.6 Å². The lowest BCUT2D eigenvalue weighted by atomic mass is 9.76. The molecule has 0 amide bonds. The molecule has 0 bridgehead atoms. The van der Waals surface area contributed by atoms with Crippen LogP contribution >= 0.6 is 0 Å². The molecule has 0 aliphatic heterocycles. The molecule has 1 saturated carbocycles. The summed E-state index contributed by atoms with van der Waals surface area (Å²) in [5, 5.41) is 1.43. The smallest absolute Gasteiger partial charge is 0.422 e. The zero-order chi connectivity index (χ0) is 26.3. The maximum absolute atomic E-state index is 15.2. The Balaban J connectivity index is 1.39. The summed E-state index contributed by atoms with van der Waals surface area (Å²) in [5.41, 5.74) is 2.15. The number of fused-ring (bicyclic) bond motifs is 1. The van der Waals surface area contributed by atoms with Gasteiger partial charge in [0.15, 0.2) is 6.61 Å². The van der Waals surface area contributed by atoms with Crippen LogP contribution in [0.4, 0.5) is 17.6 Å². The summed E-state index contributed by atoms with van der Waals surface area (Å²) in [7, 11) is 0. The standard InChI is InChI=1S/C32H34F4O/c1-2-3-4-5-6-23-7-12-25(13-8-23)27-17-20-30-28(21-27)16-15-26(31(30)33)14-9-24-10-18-29(19-11-24)37-22-32(34,35)36/h10-11,15-21,23,25H,2-8,12-13,22H2,1H3. The van der Waals surface area contributed by atoms with E-state index in [2.05, 4.69) is 30.9 Å². The highest BCUT2D eigenvalue weighted by Gasteiger charge is 2.28. The van der Waals surface area contributed by atoms with Gasteiger partial charge in [-0.25, -0.2) is 4.39 Å². The molecule has 37 heavy (non-hydrogen) atoms. The second-order valence-electron chi connectivity index (χ2n) is 10.2. The molecule has 0 aromatic heterocycles. The van der Waals surface area contributed by atoms with E-state index < -0.39 is 12.8 Å². The summed E-state index contributed by atoms with van der Waals surface area (Å²) in [6.07, 6.45) is 7.27. The van der Waals surface area contributed by atoms with Crippen LogP contribution in [0.5, 0.6) is 5.75 Å². The third-order valence-electron chi connectivity index (χ3n) is 7.36. The van der Waals surface area contributed by atoms with Gasteiger partial charge < -0.3 is 4.74 Å². The van der Waals surface area contributed by atoms with Crippen molar-refractivity contribution < 1.29 is 22.3 Å². The summed E-state index contributed by atoms with van der Waals surface area (Å²) in [6.45, 7) is 0.906. The topological polar surface area (TPSA) is 9.23 Å². The molecular formula is C32H34F4O. The number of benzene rings is 3. The molecular weight excluding hydrogens is 476 g/mol. The number of halogens is 4. The van der Waals surface area contributed by atoms with Crippen molar-refractivity contribution in [1.29, 1.82) is 0 Å². The summed E-state index contributed by atoms with van der Waals surface area (Å²) in [4.78, 5) is 0. The lowest BCUT2D eigenvalue weighted by molar-refractivity contribution is -0.153. The first kappa shape index (κ1) is 27.0. The van der Waals surface area contributed by atoms with Crippen molar-refractivity contribution >= 4 is 10.8 Å². The number of alkyl halides is 3. The number of hydrogen-bond acceptors (Lipinski definition) is 1. The van der Waals surface area contributed by atoms with Crippen molar-refractivity contribution in [3.05, 3.63) is 77.1 Å². The van der Waals surface area contributed by atoms with Crippen LogP contribution in [0.25, 0.3) is 10.8 Å². The van der Waals surface area contributed by atoms with E-state index in [1.54, 1.807) is 18.2 Å². The number of unbranched alkanes of at least 4 members (excludes halogenated alkanes) is 3. The fourth-order valence-electron chi connectivity index (χ4n) is 5.24. The van der Waals surface area contributed by atoms with Crippen molar-refractivity contribution in [3.8, 4) is 17.6 Å². The third kappa shape index (κ3) is 7.74. The normalized spacial score (nSPS) is 17.9. The van der Waals surface area contributed by atoms with E-state index in [1.807, 2.05) is 12.1 Å². The second kappa shape index (κ2) is 12.5. The molecule has 0 saturated heterocycles. The van der Waals surface area contributed by atoms with E-state index >= 15 is 4.39 Å². The molecule has 4 rings (SSSR count). The maximum atomic E-state index is 15.2. The van der Waals surface area contributed by atoms with Gasteiger partial charge in [-0.1, -0.05) is 75.1 Å². The van der Waals surface area contributed by atoms with Crippen molar-refractivity contribution in [2.45, 2.75) is 76.8 Å². The summed E-state index contributed by atoms with van der Waals surface area (Å²) < 4.78 is 56.8. The van der Waals surface area contributed by atoms with Gasteiger partial charge in [-0.3, -0.25) is 0 Å². The van der Waals surface area contributed by atoms with E-state index in [0.29, 0.717) is 22.4 Å². The molecule has 3 aromatic rings. The Hall–Kier alpha value is -3.00. The zero-order valence-corrected chi connectivity index (χ0v) is 21.3. The van der Waals surface area contributed by atoms with Crippen molar-refractivity contribution in [2.24, 2.45) is 5.92 Å². The minimum atomic E-state index is -4.39. The van der Waals surface area contributed by atoms with Gasteiger partial charge in [-0.05, 0) is 78.8 Å². The minimum absolute atomic E-state index is 0.107. The minimum Gasteiger partial charge on any atom is -0.484 e. The molecule has 0 spiro atoms. The second-order valence-corrected chi connectivity index (χ2v) is 10.2. The highest BCUT2D eigenvalue weighted by Crippen LogP contribution is 2.39. The lowest BCUT2D eigenvalue weighted by Gasteiger charge is -2.29. The Morgan fingerprint density at radius 2 is 1.62 bits per heavy atom. The molecule has 0 unspecified atom stereocenters. The molecule has 0 N–H and O–H groups in total. The van der Waals surface area contributed by atoms with Gasteiger partial charge in [0.25, 0.3) is 0 Å². The van der Waals surface area contributed by atoms with Crippen LogP contribution in [0, 0.1) is 23.6 Å². The summed E-state index contributed by atoms with van der Waals surface area (Å²) in [5.74, 6) is 6.90. The first-order valence-corrected chi connectivity index (χ1v) is 13.4. The zero-order valence-electron chi connectivity index (χ0n) is 21.3. The molecule has 5 heteroatoms. The van der Waals surface area contributed by atoms with Crippen molar-refractivity contribution in [3.63, 3.8) is 0 Å². The van der Waals surface area contributed by atoms with E-state index in [1.165, 1.54) is 75.5 Å². The Morgan fingerprint density at radius 1 is 0.865 bits per heavy atom. The number of ether oxygens (including phenoxy) is 1. The van der Waals surface area contributed by atoms with Crippen LogP contribution in [0.3, 0.4) is 0 Å². The van der Waals surface area contributed by atoms with Crippen LogP contribution in [0.2, 0.25) is 0 Å². The molecule has 1 fully saturated rings. The Bertz CT molecular complexity index is 1230. The van der Waals surface area contributed by atoms with Gasteiger partial charge in [0.05, 0.1) is 5.56 Å². The van der Waals surface area contributed by atoms with E-state index in [-0.39, 0.29) is 11.6 Å². The summed E-state index contributed by atoms with van der Waals surface area (Å²) in [6, 6.07) is 15.6. The molecule has 0 radical (unpaired) electrons. The predicted octanol–water partition coefficient (Wildman–Crippen LogP) is 9.56. The molecule has 3 aromatic carbocycles. The number of rotatable bonds is 8. The third-order valence-corrected chi connectivity index (χ3v) is 7.36. The number of hydrogen-bond donors (Lipinski definition) is 0. The molecule has 196 valence electrons. The van der Waals surface area contributed by atoms with Crippen LogP contribution in [0.1, 0.15) is 87.3 Å². The molecule has 1 aliphatic carbocycles. The van der Waals surface area contributed by atoms with Crippen molar-refractivity contribution in [2.75, 3.05) is 6.61 Å². The Morgan fingerprint density at radius 3 is 2.32 bits per heavy atom. The highest BCUT2D eigenvalue weighted by atomic mass is 19.4. The quantitative estimate of drug-likeness (QED) is 0.167. The summed E-state index contributed by atoms with van der Waals surface area (Å²) >= 11 is 0. The first-order chi connectivity index (χ1) is 17.8. The van der Waals surface area contributed by atoms with Gasteiger partial charge in [0.1, 0.15) is 11.6 Å². The predicted molar refractivity (Wildman–Crippen MR) is 141 cm³/mol. The van der Waals surface area contributed by atoms with Gasteiger partial charge in [-0.2, -0.15) is 13.2 Å². The lowest BCUT2D eigenvalue weighted by Crippen LogP contribution is -2.19. The van der Waals surface area contributed by atoms with Gasteiger partial charge in [0.2, 0.25) is 0 Å². The molecule has 1 aliphatic rings. The SMILES string of the molecule is CCCCCCC1CCC(c2ccc3c(F)c(C#Cc4ccc(OCC(F)(F)F)cc4)ccc3c2)CC1. The van der Waals surface area contributed by atoms with Gasteiger partial charge >= 0.3 is 6.18 Å². The fraction of sp³-hybridized carbons (Fsp3) is 0.438. The maximum Gasteiger partial charge on any atom is 0.422 e. The van der Waals surface area contributed by atoms with Crippen LogP contribution in [-0.4, -0.2) is 12.8 Å². The average molecular weight is 511 g/mol. The molecule has 0 heterocycles. The van der Waals surface area contributed by atoms with E-state index in [0.717, 1.165) is 11.3 Å². The van der Waals surface area contributed by atoms with E-state index in [9.17, 15) is 13.2 Å². The highest BCUT2D eigenvalue weighted by molar-refractivity contribution is 5.85. The molecule has 0 atom stereocenters. The Kier molecular flexibility index (Phi) is 9.14. The Labute approximate surface area is 217 Å². The monoisotopic (exact) mass is 510 g/mol. The van der Waals surface area contributed by atoms with Gasteiger partial charge in [-0.15, -0.1) is 0 Å². The fourth-order valence-corrected chi connectivity index (χ4v) is 5.24. The van der Waals surface area contributed by atoms with Gasteiger partial charge in [0, 0.05) is 10.9 Å². The van der Waals surface area contributed by atoms with E-state index in [4.69, 9.17) is 4.74 Å². The first-order valence-electron chi connectivity index (χ1n) is 13.4. The average Bonchev–Trinajstić information content (AvgIpc) is 2.90.